The van der Waals surface area contributed by atoms with Gasteiger partial charge >= 0.3 is 0 Å². The van der Waals surface area contributed by atoms with Crippen molar-refractivity contribution in [1.29, 1.82) is 5.26 Å². The number of ether oxygens (including phenoxy) is 1. The summed E-state index contributed by atoms with van der Waals surface area (Å²) in [5, 5.41) is 17.3. The lowest BCUT2D eigenvalue weighted by molar-refractivity contribution is 0.369. The quantitative estimate of drug-likeness (QED) is 0.915. The minimum atomic E-state index is 0.542. The van der Waals surface area contributed by atoms with Crippen LogP contribution in [0.15, 0.2) is 6.07 Å². The fraction of sp³-hybridized carbons (Fsp3) is 0.500. The van der Waals surface area contributed by atoms with Crippen LogP contribution in [0.1, 0.15) is 47.8 Å². The average Bonchev–Trinajstić information content (AvgIpc) is 2.93. The summed E-state index contributed by atoms with van der Waals surface area (Å²) in [6.07, 6.45) is 5.19. The first-order valence-corrected chi connectivity index (χ1v) is 8.43. The molecule has 0 aromatic carbocycles. The van der Waals surface area contributed by atoms with Crippen molar-refractivity contribution in [3.63, 3.8) is 0 Å². The average molecular weight is 325 g/mol. The zero-order chi connectivity index (χ0) is 17.1. The van der Waals surface area contributed by atoms with Crippen LogP contribution >= 0.6 is 0 Å². The molecule has 6 heteroatoms. The molecule has 1 aliphatic rings. The van der Waals surface area contributed by atoms with E-state index in [9.17, 15) is 5.26 Å². The molecule has 0 atom stereocenters. The topological polar surface area (TPSA) is 75.8 Å². The molecule has 2 aromatic rings. The summed E-state index contributed by atoms with van der Waals surface area (Å²) in [7, 11) is 3.52. The lowest BCUT2D eigenvalue weighted by Crippen LogP contribution is -2.11. The molecule has 0 unspecified atom stereocenters. The number of anilines is 1. The second-order valence-electron chi connectivity index (χ2n) is 6.07. The van der Waals surface area contributed by atoms with Gasteiger partial charge in [0.2, 0.25) is 5.88 Å². The van der Waals surface area contributed by atoms with Gasteiger partial charge in [-0.25, -0.2) is 9.67 Å². The van der Waals surface area contributed by atoms with Crippen LogP contribution in [0, 0.1) is 11.3 Å². The standard InChI is InChI=1S/C18H23N5O/c1-4-15-14(18(24-3)23(2)22-15)11-20-17-13(10-19)9-12-7-5-6-8-16(12)21-17/h9H,4-8,11H2,1-3H3,(H,20,21). The maximum Gasteiger partial charge on any atom is 0.216 e. The van der Waals surface area contributed by atoms with E-state index in [1.807, 2.05) is 13.1 Å². The maximum absolute atomic E-state index is 9.45. The third-order valence-corrected chi connectivity index (χ3v) is 4.55. The van der Waals surface area contributed by atoms with Gasteiger partial charge in [0.15, 0.2) is 0 Å². The molecule has 3 rings (SSSR count). The van der Waals surface area contributed by atoms with Crippen LogP contribution in [-0.2, 0) is 32.9 Å². The van der Waals surface area contributed by atoms with Crippen molar-refractivity contribution in [2.24, 2.45) is 7.05 Å². The summed E-state index contributed by atoms with van der Waals surface area (Å²) in [6, 6.07) is 4.26. The third kappa shape index (κ3) is 2.94. The van der Waals surface area contributed by atoms with Gasteiger partial charge in [-0.05, 0) is 43.7 Å². The fourth-order valence-corrected chi connectivity index (χ4v) is 3.35. The molecule has 0 fully saturated rings. The maximum atomic E-state index is 9.45. The molecule has 6 nitrogen and oxygen atoms in total. The Labute approximate surface area is 142 Å². The number of fused-ring (bicyclic) bond motifs is 1. The van der Waals surface area contributed by atoms with E-state index in [4.69, 9.17) is 9.72 Å². The van der Waals surface area contributed by atoms with Crippen LogP contribution in [0.2, 0.25) is 0 Å². The number of hydrogen-bond donors (Lipinski definition) is 1. The number of pyridine rings is 1. The molecule has 1 N–H and O–H groups in total. The van der Waals surface area contributed by atoms with Gasteiger partial charge in [-0.2, -0.15) is 10.4 Å². The lowest BCUT2D eigenvalue weighted by atomic mass is 9.95. The molecule has 2 aromatic heterocycles. The van der Waals surface area contributed by atoms with Crippen LogP contribution in [-0.4, -0.2) is 21.9 Å². The Morgan fingerprint density at radius 2 is 2.17 bits per heavy atom. The van der Waals surface area contributed by atoms with Crippen LogP contribution in [0.3, 0.4) is 0 Å². The minimum absolute atomic E-state index is 0.542. The van der Waals surface area contributed by atoms with E-state index in [1.165, 1.54) is 18.4 Å². The molecule has 2 heterocycles. The fourth-order valence-electron chi connectivity index (χ4n) is 3.35. The van der Waals surface area contributed by atoms with Crippen LogP contribution in [0.4, 0.5) is 5.82 Å². The SMILES string of the molecule is CCc1nn(C)c(OC)c1CNc1nc2c(cc1C#N)CCCC2. The number of nitriles is 1. The Morgan fingerprint density at radius 1 is 1.38 bits per heavy atom. The second kappa shape index (κ2) is 6.91. The van der Waals surface area contributed by atoms with E-state index >= 15 is 0 Å². The van der Waals surface area contributed by atoms with Crippen molar-refractivity contribution >= 4 is 5.82 Å². The molecule has 0 saturated carbocycles. The first-order chi connectivity index (χ1) is 11.7. The number of hydrogen-bond acceptors (Lipinski definition) is 5. The summed E-state index contributed by atoms with van der Waals surface area (Å²) in [5.74, 6) is 1.40. The zero-order valence-electron chi connectivity index (χ0n) is 14.5. The summed E-state index contributed by atoms with van der Waals surface area (Å²) < 4.78 is 7.22. The van der Waals surface area contributed by atoms with Crippen molar-refractivity contribution in [3.8, 4) is 11.9 Å². The van der Waals surface area contributed by atoms with Crippen molar-refractivity contribution in [2.75, 3.05) is 12.4 Å². The van der Waals surface area contributed by atoms with Gasteiger partial charge in [0.1, 0.15) is 11.9 Å². The van der Waals surface area contributed by atoms with E-state index in [0.717, 1.165) is 42.1 Å². The van der Waals surface area contributed by atoms with Gasteiger partial charge in [-0.1, -0.05) is 6.92 Å². The molecule has 0 spiro atoms. The largest absolute Gasteiger partial charge is 0.481 e. The Morgan fingerprint density at radius 3 is 2.88 bits per heavy atom. The predicted octanol–water partition coefficient (Wildman–Crippen LogP) is 2.75. The molecule has 1 aliphatic carbocycles. The Balaban J connectivity index is 1.89. The third-order valence-electron chi connectivity index (χ3n) is 4.55. The molecule has 0 radical (unpaired) electrons. The van der Waals surface area contributed by atoms with Gasteiger partial charge in [0, 0.05) is 19.3 Å². The van der Waals surface area contributed by atoms with Crippen LogP contribution in [0.5, 0.6) is 5.88 Å². The highest BCUT2D eigenvalue weighted by Gasteiger charge is 2.18. The number of nitrogens with one attached hydrogen (secondary N) is 1. The first-order valence-electron chi connectivity index (χ1n) is 8.43. The number of aromatic nitrogens is 3. The van der Waals surface area contributed by atoms with Gasteiger partial charge in [-0.15, -0.1) is 0 Å². The van der Waals surface area contributed by atoms with Crippen LogP contribution in [0.25, 0.3) is 0 Å². The van der Waals surface area contributed by atoms with E-state index in [0.29, 0.717) is 17.9 Å². The van der Waals surface area contributed by atoms with Crippen molar-refractivity contribution in [1.82, 2.24) is 14.8 Å². The lowest BCUT2D eigenvalue weighted by Gasteiger charge is -2.17. The number of aryl methyl sites for hydroxylation is 4. The van der Waals surface area contributed by atoms with E-state index in [2.05, 4.69) is 23.4 Å². The normalized spacial score (nSPS) is 13.2. The van der Waals surface area contributed by atoms with Crippen molar-refractivity contribution in [2.45, 2.75) is 45.6 Å². The van der Waals surface area contributed by atoms with Gasteiger partial charge < -0.3 is 10.1 Å². The summed E-state index contributed by atoms with van der Waals surface area (Å²) >= 11 is 0. The first kappa shape index (κ1) is 16.3. The second-order valence-corrected chi connectivity index (χ2v) is 6.07. The molecule has 0 aliphatic heterocycles. The number of rotatable bonds is 5. The Kier molecular flexibility index (Phi) is 4.70. The smallest absolute Gasteiger partial charge is 0.216 e. The molecular weight excluding hydrogens is 302 g/mol. The summed E-state index contributed by atoms with van der Waals surface area (Å²) in [5.41, 5.74) is 4.97. The van der Waals surface area contributed by atoms with Gasteiger partial charge in [0.25, 0.3) is 0 Å². The molecule has 0 amide bonds. The molecule has 126 valence electrons. The summed E-state index contributed by atoms with van der Waals surface area (Å²) in [4.78, 5) is 4.72. The van der Waals surface area contributed by atoms with Gasteiger partial charge in [0.05, 0.1) is 23.9 Å². The van der Waals surface area contributed by atoms with Crippen molar-refractivity contribution in [3.05, 3.63) is 34.1 Å². The summed E-state index contributed by atoms with van der Waals surface area (Å²) in [6.45, 7) is 2.61. The Bertz CT molecular complexity index is 788. The van der Waals surface area contributed by atoms with Gasteiger partial charge in [-0.3, -0.25) is 0 Å². The highest BCUT2D eigenvalue weighted by atomic mass is 16.5. The van der Waals surface area contributed by atoms with E-state index in [1.54, 1.807) is 11.8 Å². The minimum Gasteiger partial charge on any atom is -0.481 e. The van der Waals surface area contributed by atoms with Crippen molar-refractivity contribution < 1.29 is 4.74 Å². The molecule has 0 saturated heterocycles. The highest BCUT2D eigenvalue weighted by Crippen LogP contribution is 2.27. The highest BCUT2D eigenvalue weighted by molar-refractivity contribution is 5.55. The Hall–Kier alpha value is -2.55. The monoisotopic (exact) mass is 325 g/mol. The van der Waals surface area contributed by atoms with Crippen LogP contribution < -0.4 is 10.1 Å². The number of nitrogens with zero attached hydrogens (tertiary/aromatic N) is 4. The number of methoxy groups -OCH3 is 1. The zero-order valence-corrected chi connectivity index (χ0v) is 14.5. The molecule has 0 bridgehead atoms. The van der Waals surface area contributed by atoms with E-state index in [-0.39, 0.29) is 0 Å². The predicted molar refractivity (Wildman–Crippen MR) is 92.1 cm³/mol. The molecule has 24 heavy (non-hydrogen) atoms. The molecular formula is C18H23N5O. The van der Waals surface area contributed by atoms with E-state index < -0.39 is 0 Å².